The molecule has 0 aromatic heterocycles. The molecule has 1 saturated heterocycles. The second-order valence-electron chi connectivity index (χ2n) is 5.05. The van der Waals surface area contributed by atoms with Crippen molar-refractivity contribution in [2.24, 2.45) is 16.6 Å². The number of rotatable bonds is 6. The van der Waals surface area contributed by atoms with Crippen molar-refractivity contribution in [1.29, 1.82) is 0 Å². The standard InChI is InChI=1S/C13H26N4O.HI/c1-11(2)8-15-13(14)16-9-12(3)10-17-4-6-18-7-5-17;/h12H,1,4-10H2,2-3H3,(H3,14,15,16);1H. The van der Waals surface area contributed by atoms with Crippen LogP contribution < -0.4 is 11.1 Å². The van der Waals surface area contributed by atoms with E-state index in [1.54, 1.807) is 0 Å². The molecule has 1 aliphatic rings. The van der Waals surface area contributed by atoms with Crippen LogP contribution in [0, 0.1) is 5.92 Å². The zero-order valence-corrected chi connectivity index (χ0v) is 14.4. The normalized spacial score (nSPS) is 18.5. The smallest absolute Gasteiger partial charge is 0.188 e. The second-order valence-corrected chi connectivity index (χ2v) is 5.05. The number of hydrogen-bond acceptors (Lipinski definition) is 3. The summed E-state index contributed by atoms with van der Waals surface area (Å²) in [6, 6.07) is 0. The summed E-state index contributed by atoms with van der Waals surface area (Å²) in [6.45, 7) is 14.2. The fourth-order valence-corrected chi connectivity index (χ4v) is 1.83. The SMILES string of the molecule is C=C(C)CNC(N)=NCC(C)CN1CCOCC1.I. The molecule has 0 amide bonds. The number of ether oxygens (including phenoxy) is 1. The molecule has 19 heavy (non-hydrogen) atoms. The van der Waals surface area contributed by atoms with Crippen LogP contribution in [-0.2, 0) is 4.74 Å². The third kappa shape index (κ3) is 9.23. The highest BCUT2D eigenvalue weighted by molar-refractivity contribution is 14.0. The lowest BCUT2D eigenvalue weighted by Crippen LogP contribution is -2.39. The number of aliphatic imine (C=N–C) groups is 1. The van der Waals surface area contributed by atoms with E-state index in [2.05, 4.69) is 28.7 Å². The topological polar surface area (TPSA) is 62.9 Å². The summed E-state index contributed by atoms with van der Waals surface area (Å²) in [5.74, 6) is 1.01. The largest absolute Gasteiger partial charge is 0.379 e. The summed E-state index contributed by atoms with van der Waals surface area (Å²) in [6.07, 6.45) is 0. The molecule has 0 aromatic rings. The zero-order valence-electron chi connectivity index (χ0n) is 12.0. The van der Waals surface area contributed by atoms with Gasteiger partial charge in [-0.1, -0.05) is 19.1 Å². The predicted octanol–water partition coefficient (Wildman–Crippen LogP) is 1.05. The molecule has 112 valence electrons. The van der Waals surface area contributed by atoms with Crippen LogP contribution in [0.25, 0.3) is 0 Å². The van der Waals surface area contributed by atoms with Gasteiger partial charge in [-0.2, -0.15) is 0 Å². The van der Waals surface area contributed by atoms with E-state index in [1.165, 1.54) is 0 Å². The van der Waals surface area contributed by atoms with Gasteiger partial charge in [0.1, 0.15) is 0 Å². The van der Waals surface area contributed by atoms with Crippen LogP contribution in [0.3, 0.4) is 0 Å². The van der Waals surface area contributed by atoms with Crippen LogP contribution >= 0.6 is 24.0 Å². The molecule has 0 radical (unpaired) electrons. The van der Waals surface area contributed by atoms with Crippen LogP contribution in [0.2, 0.25) is 0 Å². The summed E-state index contributed by atoms with van der Waals surface area (Å²) in [4.78, 5) is 6.76. The molecule has 6 heteroatoms. The van der Waals surface area contributed by atoms with Gasteiger partial charge in [-0.25, -0.2) is 0 Å². The predicted molar refractivity (Wildman–Crippen MR) is 91.1 cm³/mol. The van der Waals surface area contributed by atoms with Crippen LogP contribution in [0.5, 0.6) is 0 Å². The Morgan fingerprint density at radius 3 is 2.68 bits per heavy atom. The lowest BCUT2D eigenvalue weighted by Gasteiger charge is -2.28. The van der Waals surface area contributed by atoms with Gasteiger partial charge >= 0.3 is 0 Å². The van der Waals surface area contributed by atoms with Crippen LogP contribution in [-0.4, -0.2) is 56.8 Å². The Bertz CT molecular complexity index is 290. The lowest BCUT2D eigenvalue weighted by molar-refractivity contribution is 0.0323. The Morgan fingerprint density at radius 2 is 2.11 bits per heavy atom. The van der Waals surface area contributed by atoms with E-state index in [0.29, 0.717) is 18.4 Å². The van der Waals surface area contributed by atoms with Gasteiger partial charge in [0.25, 0.3) is 0 Å². The highest BCUT2D eigenvalue weighted by atomic mass is 127. The van der Waals surface area contributed by atoms with E-state index in [0.717, 1.165) is 45.0 Å². The number of nitrogens with zero attached hydrogens (tertiary/aromatic N) is 2. The fraction of sp³-hybridized carbons (Fsp3) is 0.769. The van der Waals surface area contributed by atoms with E-state index in [-0.39, 0.29) is 24.0 Å². The number of guanidine groups is 1. The lowest BCUT2D eigenvalue weighted by atomic mass is 10.1. The molecule has 0 aliphatic carbocycles. The van der Waals surface area contributed by atoms with Gasteiger partial charge in [0.15, 0.2) is 5.96 Å². The summed E-state index contributed by atoms with van der Waals surface area (Å²) in [7, 11) is 0. The number of nitrogens with one attached hydrogen (secondary N) is 1. The van der Waals surface area contributed by atoms with E-state index >= 15 is 0 Å². The first kappa shape index (κ1) is 18.7. The van der Waals surface area contributed by atoms with Crippen molar-refractivity contribution in [1.82, 2.24) is 10.2 Å². The maximum absolute atomic E-state index is 5.77. The summed E-state index contributed by atoms with van der Waals surface area (Å²) in [5, 5.41) is 3.04. The van der Waals surface area contributed by atoms with Crippen molar-refractivity contribution in [2.75, 3.05) is 45.9 Å². The van der Waals surface area contributed by atoms with E-state index in [9.17, 15) is 0 Å². The van der Waals surface area contributed by atoms with Gasteiger partial charge in [0.2, 0.25) is 0 Å². The van der Waals surface area contributed by atoms with Gasteiger partial charge in [0.05, 0.1) is 13.2 Å². The minimum atomic E-state index is 0. The molecule has 1 aliphatic heterocycles. The highest BCUT2D eigenvalue weighted by Crippen LogP contribution is 2.03. The molecule has 1 atom stereocenters. The maximum atomic E-state index is 5.77. The Labute approximate surface area is 133 Å². The summed E-state index contributed by atoms with van der Waals surface area (Å²) in [5.41, 5.74) is 6.82. The number of halogens is 1. The third-order valence-electron chi connectivity index (χ3n) is 2.82. The Hall–Kier alpha value is -0.340. The van der Waals surface area contributed by atoms with Crippen LogP contribution in [0.15, 0.2) is 17.1 Å². The Balaban J connectivity index is 0.00000324. The van der Waals surface area contributed by atoms with Crippen molar-refractivity contribution in [3.8, 4) is 0 Å². The fourth-order valence-electron chi connectivity index (χ4n) is 1.83. The maximum Gasteiger partial charge on any atom is 0.188 e. The van der Waals surface area contributed by atoms with Crippen molar-refractivity contribution >= 4 is 29.9 Å². The minimum Gasteiger partial charge on any atom is -0.379 e. The molecular weight excluding hydrogens is 355 g/mol. The van der Waals surface area contributed by atoms with Crippen LogP contribution in [0.4, 0.5) is 0 Å². The average Bonchev–Trinajstić information content (AvgIpc) is 2.35. The van der Waals surface area contributed by atoms with Crippen molar-refractivity contribution in [3.05, 3.63) is 12.2 Å². The molecule has 3 N–H and O–H groups in total. The van der Waals surface area contributed by atoms with Gasteiger partial charge in [0, 0.05) is 32.7 Å². The van der Waals surface area contributed by atoms with Crippen molar-refractivity contribution in [3.63, 3.8) is 0 Å². The monoisotopic (exact) mass is 382 g/mol. The molecule has 5 nitrogen and oxygen atoms in total. The molecule has 0 bridgehead atoms. The van der Waals surface area contributed by atoms with E-state index in [4.69, 9.17) is 10.5 Å². The van der Waals surface area contributed by atoms with E-state index in [1.807, 2.05) is 6.92 Å². The van der Waals surface area contributed by atoms with Crippen molar-refractivity contribution in [2.45, 2.75) is 13.8 Å². The minimum absolute atomic E-state index is 0. The van der Waals surface area contributed by atoms with Gasteiger partial charge < -0.3 is 15.8 Å². The molecule has 0 aromatic carbocycles. The molecule has 1 heterocycles. The quantitative estimate of drug-likeness (QED) is 0.312. The first-order valence-corrected chi connectivity index (χ1v) is 6.56. The van der Waals surface area contributed by atoms with Gasteiger partial charge in [-0.3, -0.25) is 9.89 Å². The molecule has 1 rings (SSSR count). The first-order valence-electron chi connectivity index (χ1n) is 6.56. The second kappa shape index (κ2) is 10.4. The van der Waals surface area contributed by atoms with Crippen LogP contribution in [0.1, 0.15) is 13.8 Å². The number of hydrogen-bond donors (Lipinski definition) is 2. The average molecular weight is 382 g/mol. The number of morpholine rings is 1. The van der Waals surface area contributed by atoms with E-state index < -0.39 is 0 Å². The Kier molecular flexibility index (Phi) is 10.3. The molecule has 0 spiro atoms. The van der Waals surface area contributed by atoms with Gasteiger partial charge in [-0.15, -0.1) is 24.0 Å². The highest BCUT2D eigenvalue weighted by Gasteiger charge is 2.13. The summed E-state index contributed by atoms with van der Waals surface area (Å²) < 4.78 is 5.33. The molecule has 0 saturated carbocycles. The summed E-state index contributed by atoms with van der Waals surface area (Å²) >= 11 is 0. The Morgan fingerprint density at radius 1 is 1.47 bits per heavy atom. The van der Waals surface area contributed by atoms with Gasteiger partial charge in [-0.05, 0) is 12.8 Å². The third-order valence-corrected chi connectivity index (χ3v) is 2.82. The number of nitrogens with two attached hydrogens (primary N) is 1. The van der Waals surface area contributed by atoms with Crippen molar-refractivity contribution < 1.29 is 4.74 Å². The molecule has 1 unspecified atom stereocenters. The molecular formula is C13H27IN4O. The molecule has 1 fully saturated rings. The zero-order chi connectivity index (χ0) is 13.4. The first-order chi connectivity index (χ1) is 8.58.